The van der Waals surface area contributed by atoms with Crippen molar-refractivity contribution in [2.24, 2.45) is 0 Å². The molecule has 5 nitrogen and oxygen atoms in total. The van der Waals surface area contributed by atoms with Crippen LogP contribution in [0.3, 0.4) is 0 Å². The lowest BCUT2D eigenvalue weighted by atomic mass is 10.1. The number of rotatable bonds is 13. The second-order valence-electron chi connectivity index (χ2n) is 7.18. The number of carboxylic acid groups (broad SMARTS) is 1. The number of halogens is 1. The van der Waals surface area contributed by atoms with Gasteiger partial charge >= 0.3 is 11.9 Å². The van der Waals surface area contributed by atoms with E-state index < -0.39 is 11.9 Å². The van der Waals surface area contributed by atoms with Crippen LogP contribution in [0.5, 0.6) is 11.5 Å². The second kappa shape index (κ2) is 12.9. The van der Waals surface area contributed by atoms with Crippen LogP contribution < -0.4 is 9.47 Å². The predicted octanol–water partition coefficient (Wildman–Crippen LogP) is 6.78. The van der Waals surface area contributed by atoms with Crippen molar-refractivity contribution in [3.05, 3.63) is 58.6 Å². The van der Waals surface area contributed by atoms with Crippen LogP contribution in [0.1, 0.15) is 79.0 Å². The monoisotopic (exact) mass is 432 g/mol. The number of aromatic carboxylic acids is 1. The van der Waals surface area contributed by atoms with Crippen molar-refractivity contribution in [1.29, 1.82) is 0 Å². The molecule has 6 heteroatoms. The number of benzene rings is 2. The fraction of sp³-hybridized carbons (Fsp3) is 0.417. The van der Waals surface area contributed by atoms with Gasteiger partial charge in [0.1, 0.15) is 11.5 Å². The molecule has 1 N–H and O–H groups in total. The van der Waals surface area contributed by atoms with Crippen molar-refractivity contribution < 1.29 is 24.2 Å². The summed E-state index contributed by atoms with van der Waals surface area (Å²) < 4.78 is 11.0. The molecule has 0 spiro atoms. The minimum absolute atomic E-state index is 0.0116. The molecule has 0 heterocycles. The standard InChI is InChI=1S/C24H29ClO5/c1-2-3-4-5-6-7-8-9-16-29-19-12-10-18(11-13-19)24(28)30-20-14-15-21(23(26)27)22(25)17-20/h10-15,17H,2-9,16H2,1H3,(H,26,27). The Hall–Kier alpha value is -2.53. The highest BCUT2D eigenvalue weighted by Crippen LogP contribution is 2.24. The summed E-state index contributed by atoms with van der Waals surface area (Å²) in [5, 5.41) is 8.99. The Labute approximate surface area is 183 Å². The van der Waals surface area contributed by atoms with Crippen LogP contribution in [0, 0.1) is 0 Å². The van der Waals surface area contributed by atoms with Crippen LogP contribution in [-0.4, -0.2) is 23.7 Å². The molecule has 0 bridgehead atoms. The molecule has 2 aromatic rings. The Morgan fingerprint density at radius 3 is 2.07 bits per heavy atom. The first kappa shape index (κ1) is 23.7. The summed E-state index contributed by atoms with van der Waals surface area (Å²) >= 11 is 5.89. The van der Waals surface area contributed by atoms with E-state index in [1.807, 2.05) is 0 Å². The summed E-state index contributed by atoms with van der Waals surface area (Å²) in [6.07, 6.45) is 9.99. The van der Waals surface area contributed by atoms with Crippen molar-refractivity contribution in [3.8, 4) is 11.5 Å². The minimum Gasteiger partial charge on any atom is -0.494 e. The first-order chi connectivity index (χ1) is 14.5. The summed E-state index contributed by atoms with van der Waals surface area (Å²) in [7, 11) is 0. The molecule has 0 aliphatic rings. The molecular weight excluding hydrogens is 404 g/mol. The second-order valence-corrected chi connectivity index (χ2v) is 7.59. The van der Waals surface area contributed by atoms with Crippen LogP contribution in [0.15, 0.2) is 42.5 Å². The zero-order valence-electron chi connectivity index (χ0n) is 17.4. The Morgan fingerprint density at radius 2 is 1.47 bits per heavy atom. The zero-order chi connectivity index (χ0) is 21.8. The molecule has 2 rings (SSSR count). The molecule has 0 aliphatic heterocycles. The number of carboxylic acids is 1. The van der Waals surface area contributed by atoms with Gasteiger partial charge in [-0.15, -0.1) is 0 Å². The first-order valence-corrected chi connectivity index (χ1v) is 10.9. The highest BCUT2D eigenvalue weighted by atomic mass is 35.5. The number of carbonyl (C=O) groups excluding carboxylic acids is 1. The average Bonchev–Trinajstić information content (AvgIpc) is 2.72. The summed E-state index contributed by atoms with van der Waals surface area (Å²) in [6.45, 7) is 2.89. The van der Waals surface area contributed by atoms with E-state index in [4.69, 9.17) is 26.2 Å². The van der Waals surface area contributed by atoms with Crippen LogP contribution >= 0.6 is 11.6 Å². The average molecular weight is 433 g/mol. The molecule has 162 valence electrons. The van der Waals surface area contributed by atoms with E-state index in [0.717, 1.165) is 6.42 Å². The lowest BCUT2D eigenvalue weighted by Gasteiger charge is -2.08. The van der Waals surface area contributed by atoms with Crippen LogP contribution in [0.2, 0.25) is 5.02 Å². The van der Waals surface area contributed by atoms with E-state index in [2.05, 4.69) is 6.92 Å². The van der Waals surface area contributed by atoms with Crippen molar-refractivity contribution in [2.45, 2.75) is 58.3 Å². The molecule has 2 aromatic carbocycles. The van der Waals surface area contributed by atoms with Gasteiger partial charge in [0.2, 0.25) is 0 Å². The van der Waals surface area contributed by atoms with Gasteiger partial charge in [-0.05, 0) is 42.8 Å². The number of hydrogen-bond acceptors (Lipinski definition) is 4. The van der Waals surface area contributed by atoms with E-state index >= 15 is 0 Å². The van der Waals surface area contributed by atoms with Gasteiger partial charge in [0.05, 0.1) is 22.8 Å². The quantitative estimate of drug-likeness (QED) is 0.214. The predicted molar refractivity (Wildman–Crippen MR) is 118 cm³/mol. The number of hydrogen-bond donors (Lipinski definition) is 1. The van der Waals surface area contributed by atoms with E-state index in [0.29, 0.717) is 17.9 Å². The van der Waals surface area contributed by atoms with Crippen LogP contribution in [-0.2, 0) is 0 Å². The van der Waals surface area contributed by atoms with Crippen LogP contribution in [0.25, 0.3) is 0 Å². The molecule has 0 saturated carbocycles. The van der Waals surface area contributed by atoms with E-state index in [1.54, 1.807) is 24.3 Å². The number of ether oxygens (including phenoxy) is 2. The summed E-state index contributed by atoms with van der Waals surface area (Å²) in [5.74, 6) is -0.794. The molecule has 0 atom stereocenters. The third kappa shape index (κ3) is 8.07. The molecule has 0 fully saturated rings. The number of esters is 1. The fourth-order valence-electron chi connectivity index (χ4n) is 3.01. The van der Waals surface area contributed by atoms with Crippen molar-refractivity contribution >= 4 is 23.5 Å². The minimum atomic E-state index is -1.14. The fourth-order valence-corrected chi connectivity index (χ4v) is 3.26. The third-order valence-electron chi connectivity index (χ3n) is 4.74. The first-order valence-electron chi connectivity index (χ1n) is 10.5. The van der Waals surface area contributed by atoms with Gasteiger partial charge in [-0.1, -0.05) is 63.5 Å². The smallest absolute Gasteiger partial charge is 0.343 e. The maximum atomic E-state index is 12.3. The van der Waals surface area contributed by atoms with E-state index in [1.165, 1.54) is 63.1 Å². The number of carbonyl (C=O) groups is 2. The van der Waals surface area contributed by atoms with Crippen LogP contribution in [0.4, 0.5) is 0 Å². The highest BCUT2D eigenvalue weighted by molar-refractivity contribution is 6.33. The molecule has 0 unspecified atom stereocenters. The highest BCUT2D eigenvalue weighted by Gasteiger charge is 2.13. The molecule has 0 saturated heterocycles. The molecule has 30 heavy (non-hydrogen) atoms. The maximum absolute atomic E-state index is 12.3. The van der Waals surface area contributed by atoms with E-state index in [9.17, 15) is 9.59 Å². The number of unbranched alkanes of at least 4 members (excludes halogenated alkanes) is 7. The molecule has 0 aliphatic carbocycles. The Morgan fingerprint density at radius 1 is 0.867 bits per heavy atom. The van der Waals surface area contributed by atoms with E-state index in [-0.39, 0.29) is 16.3 Å². The summed E-state index contributed by atoms with van der Waals surface area (Å²) in [5.41, 5.74) is 0.322. The maximum Gasteiger partial charge on any atom is 0.343 e. The lowest BCUT2D eigenvalue weighted by molar-refractivity contribution is 0.0696. The van der Waals surface area contributed by atoms with Gasteiger partial charge in [0, 0.05) is 6.07 Å². The lowest BCUT2D eigenvalue weighted by Crippen LogP contribution is -2.09. The topological polar surface area (TPSA) is 72.8 Å². The molecule has 0 radical (unpaired) electrons. The molecule has 0 amide bonds. The third-order valence-corrected chi connectivity index (χ3v) is 5.05. The Balaban J connectivity index is 1.72. The van der Waals surface area contributed by atoms with Gasteiger partial charge < -0.3 is 14.6 Å². The summed E-state index contributed by atoms with van der Waals surface area (Å²) in [4.78, 5) is 23.2. The van der Waals surface area contributed by atoms with Crippen molar-refractivity contribution in [3.63, 3.8) is 0 Å². The largest absolute Gasteiger partial charge is 0.494 e. The van der Waals surface area contributed by atoms with Gasteiger partial charge in [-0.25, -0.2) is 9.59 Å². The zero-order valence-corrected chi connectivity index (χ0v) is 18.1. The Bertz CT molecular complexity index is 817. The SMILES string of the molecule is CCCCCCCCCCOc1ccc(C(=O)Oc2ccc(C(=O)O)c(Cl)c2)cc1. The van der Waals surface area contributed by atoms with Gasteiger partial charge in [0.15, 0.2) is 0 Å². The molecule has 0 aromatic heterocycles. The Kier molecular flexibility index (Phi) is 10.2. The van der Waals surface area contributed by atoms with Crippen molar-refractivity contribution in [2.75, 3.05) is 6.61 Å². The summed E-state index contributed by atoms with van der Waals surface area (Å²) in [6, 6.07) is 10.8. The normalized spacial score (nSPS) is 10.6. The molecular formula is C24H29ClO5. The van der Waals surface area contributed by atoms with Gasteiger partial charge in [-0.2, -0.15) is 0 Å². The van der Waals surface area contributed by atoms with Crippen molar-refractivity contribution in [1.82, 2.24) is 0 Å². The van der Waals surface area contributed by atoms with Gasteiger partial charge in [-0.3, -0.25) is 0 Å². The van der Waals surface area contributed by atoms with Gasteiger partial charge in [0.25, 0.3) is 0 Å².